The molecule has 1 aliphatic carbocycles. The fourth-order valence-electron chi connectivity index (χ4n) is 3.45. The van der Waals surface area contributed by atoms with Crippen molar-refractivity contribution >= 4 is 17.3 Å². The standard InChI is InChI=1S/C16H20N4O2S/c1-11-19-12(10-23-11)9-22-14-4-3-13-15(14)21-8-7-20(13)16-17-5-2-6-18-16/h2,5-6,10,13-15H,3-4,7-9H2,1H3/t13-,14+,15+/m0/s1. The van der Waals surface area contributed by atoms with Crippen molar-refractivity contribution in [2.24, 2.45) is 0 Å². The van der Waals surface area contributed by atoms with Crippen LogP contribution >= 0.6 is 11.3 Å². The molecule has 0 spiro atoms. The highest BCUT2D eigenvalue weighted by Crippen LogP contribution is 2.34. The van der Waals surface area contributed by atoms with Crippen molar-refractivity contribution in [3.05, 3.63) is 34.5 Å². The first kappa shape index (κ1) is 15.0. The molecule has 0 amide bonds. The van der Waals surface area contributed by atoms with Gasteiger partial charge in [0.05, 0.1) is 36.1 Å². The molecule has 7 heteroatoms. The third-order valence-corrected chi connectivity index (χ3v) is 5.28. The zero-order valence-electron chi connectivity index (χ0n) is 13.1. The lowest BCUT2D eigenvalue weighted by Crippen LogP contribution is -2.52. The van der Waals surface area contributed by atoms with E-state index in [2.05, 4.69) is 25.2 Å². The molecule has 0 radical (unpaired) electrons. The van der Waals surface area contributed by atoms with Gasteiger partial charge < -0.3 is 14.4 Å². The Bertz CT molecular complexity index is 651. The van der Waals surface area contributed by atoms with E-state index >= 15 is 0 Å². The molecule has 23 heavy (non-hydrogen) atoms. The van der Waals surface area contributed by atoms with Gasteiger partial charge in [0.2, 0.25) is 5.95 Å². The Kier molecular flexibility index (Phi) is 4.24. The largest absolute Gasteiger partial charge is 0.372 e. The molecule has 1 saturated carbocycles. The number of anilines is 1. The molecule has 122 valence electrons. The van der Waals surface area contributed by atoms with Gasteiger partial charge in [-0.1, -0.05) is 0 Å². The number of fused-ring (bicyclic) bond motifs is 1. The normalized spacial score (nSPS) is 27.2. The lowest BCUT2D eigenvalue weighted by atomic mass is 10.1. The summed E-state index contributed by atoms with van der Waals surface area (Å²) in [6.45, 7) is 4.10. The first-order valence-electron chi connectivity index (χ1n) is 7.99. The van der Waals surface area contributed by atoms with Crippen LogP contribution < -0.4 is 4.90 Å². The van der Waals surface area contributed by atoms with Crippen LogP contribution in [-0.2, 0) is 16.1 Å². The summed E-state index contributed by atoms with van der Waals surface area (Å²) in [5, 5.41) is 3.14. The number of rotatable bonds is 4. The van der Waals surface area contributed by atoms with Crippen molar-refractivity contribution in [1.82, 2.24) is 15.0 Å². The minimum absolute atomic E-state index is 0.0901. The zero-order chi connectivity index (χ0) is 15.6. The topological polar surface area (TPSA) is 60.4 Å². The summed E-state index contributed by atoms with van der Waals surface area (Å²) in [6.07, 6.45) is 5.84. The predicted molar refractivity (Wildman–Crippen MR) is 87.6 cm³/mol. The maximum atomic E-state index is 6.11. The van der Waals surface area contributed by atoms with E-state index in [0.717, 1.165) is 36.0 Å². The highest BCUT2D eigenvalue weighted by Gasteiger charge is 2.44. The predicted octanol–water partition coefficient (Wildman–Crippen LogP) is 2.19. The molecule has 4 rings (SSSR count). The quantitative estimate of drug-likeness (QED) is 0.855. The van der Waals surface area contributed by atoms with Gasteiger partial charge in [-0.15, -0.1) is 11.3 Å². The second kappa shape index (κ2) is 6.51. The van der Waals surface area contributed by atoms with E-state index in [-0.39, 0.29) is 12.2 Å². The van der Waals surface area contributed by atoms with Crippen LogP contribution in [0.1, 0.15) is 23.5 Å². The Morgan fingerprint density at radius 1 is 1.35 bits per heavy atom. The van der Waals surface area contributed by atoms with E-state index in [1.807, 2.05) is 13.0 Å². The van der Waals surface area contributed by atoms with Crippen LogP contribution in [0.2, 0.25) is 0 Å². The second-order valence-electron chi connectivity index (χ2n) is 5.93. The maximum absolute atomic E-state index is 6.11. The van der Waals surface area contributed by atoms with Gasteiger partial charge in [0.25, 0.3) is 0 Å². The van der Waals surface area contributed by atoms with Crippen LogP contribution in [-0.4, -0.2) is 46.4 Å². The van der Waals surface area contributed by atoms with Crippen molar-refractivity contribution in [2.45, 2.75) is 44.6 Å². The SMILES string of the molecule is Cc1nc(CO[C@@H]2CC[C@H]3[C@H]2OCCN3c2ncccn2)cs1. The number of hydrogen-bond donors (Lipinski definition) is 0. The average molecular weight is 332 g/mol. The number of aryl methyl sites for hydroxylation is 1. The molecule has 6 nitrogen and oxygen atoms in total. The zero-order valence-corrected chi connectivity index (χ0v) is 13.9. The van der Waals surface area contributed by atoms with E-state index in [9.17, 15) is 0 Å². The van der Waals surface area contributed by atoms with Gasteiger partial charge in [0.1, 0.15) is 6.10 Å². The summed E-state index contributed by atoms with van der Waals surface area (Å²) in [5.74, 6) is 0.793. The monoisotopic (exact) mass is 332 g/mol. The van der Waals surface area contributed by atoms with Crippen LogP contribution in [0.15, 0.2) is 23.8 Å². The summed E-state index contributed by atoms with van der Waals surface area (Å²) in [4.78, 5) is 15.5. The summed E-state index contributed by atoms with van der Waals surface area (Å²) < 4.78 is 12.1. The molecular formula is C16H20N4O2S. The third-order valence-electron chi connectivity index (χ3n) is 4.46. The Hall–Kier alpha value is -1.57. The van der Waals surface area contributed by atoms with Gasteiger partial charge >= 0.3 is 0 Å². The number of ether oxygens (including phenoxy) is 2. The molecule has 0 aromatic carbocycles. The van der Waals surface area contributed by atoms with E-state index in [0.29, 0.717) is 19.3 Å². The van der Waals surface area contributed by atoms with E-state index in [1.165, 1.54) is 0 Å². The Labute approximate surface area is 139 Å². The fourth-order valence-corrected chi connectivity index (χ4v) is 4.05. The third kappa shape index (κ3) is 3.08. The Morgan fingerprint density at radius 3 is 3.00 bits per heavy atom. The average Bonchev–Trinajstić information content (AvgIpc) is 3.19. The van der Waals surface area contributed by atoms with E-state index in [1.54, 1.807) is 23.7 Å². The van der Waals surface area contributed by atoms with Gasteiger partial charge in [-0.05, 0) is 25.8 Å². The highest BCUT2D eigenvalue weighted by molar-refractivity contribution is 7.09. The first-order valence-corrected chi connectivity index (χ1v) is 8.87. The molecule has 1 saturated heterocycles. The molecule has 2 aromatic rings. The lowest BCUT2D eigenvalue weighted by Gasteiger charge is -2.38. The number of thiazole rings is 1. The molecule has 1 aliphatic heterocycles. The van der Waals surface area contributed by atoms with Gasteiger partial charge in [0.15, 0.2) is 0 Å². The van der Waals surface area contributed by atoms with Crippen molar-refractivity contribution in [3.63, 3.8) is 0 Å². The smallest absolute Gasteiger partial charge is 0.225 e. The van der Waals surface area contributed by atoms with Crippen molar-refractivity contribution in [2.75, 3.05) is 18.1 Å². The molecule has 3 heterocycles. The van der Waals surface area contributed by atoms with Crippen LogP contribution in [0.25, 0.3) is 0 Å². The van der Waals surface area contributed by atoms with Crippen molar-refractivity contribution in [1.29, 1.82) is 0 Å². The second-order valence-corrected chi connectivity index (χ2v) is 6.99. The van der Waals surface area contributed by atoms with Gasteiger partial charge in [-0.3, -0.25) is 0 Å². The maximum Gasteiger partial charge on any atom is 0.225 e. The summed E-state index contributed by atoms with van der Waals surface area (Å²) in [5.41, 5.74) is 1.01. The molecule has 0 N–H and O–H groups in total. The molecule has 2 aromatic heterocycles. The lowest BCUT2D eigenvalue weighted by molar-refractivity contribution is -0.0778. The van der Waals surface area contributed by atoms with Gasteiger partial charge in [-0.2, -0.15) is 0 Å². The minimum atomic E-state index is 0.0901. The van der Waals surface area contributed by atoms with E-state index < -0.39 is 0 Å². The molecule has 2 fully saturated rings. The number of hydrogen-bond acceptors (Lipinski definition) is 7. The number of aromatic nitrogens is 3. The molecule has 0 bridgehead atoms. The van der Waals surface area contributed by atoms with Crippen molar-refractivity contribution < 1.29 is 9.47 Å². The molecule has 3 atom stereocenters. The van der Waals surface area contributed by atoms with Crippen molar-refractivity contribution in [3.8, 4) is 0 Å². The summed E-state index contributed by atoms with van der Waals surface area (Å²) in [7, 11) is 0. The number of nitrogens with zero attached hydrogens (tertiary/aromatic N) is 4. The van der Waals surface area contributed by atoms with Crippen LogP contribution in [0.5, 0.6) is 0 Å². The minimum Gasteiger partial charge on any atom is -0.372 e. The first-order chi connectivity index (χ1) is 11.3. The van der Waals surface area contributed by atoms with E-state index in [4.69, 9.17) is 9.47 Å². The summed E-state index contributed by atoms with van der Waals surface area (Å²) in [6, 6.07) is 2.14. The summed E-state index contributed by atoms with van der Waals surface area (Å²) >= 11 is 1.66. The number of morpholine rings is 1. The molecular weight excluding hydrogens is 312 g/mol. The van der Waals surface area contributed by atoms with Crippen LogP contribution in [0.4, 0.5) is 5.95 Å². The van der Waals surface area contributed by atoms with Gasteiger partial charge in [0, 0.05) is 24.3 Å². The van der Waals surface area contributed by atoms with Crippen LogP contribution in [0, 0.1) is 6.92 Å². The molecule has 0 unspecified atom stereocenters. The fraction of sp³-hybridized carbons (Fsp3) is 0.562. The Morgan fingerprint density at radius 2 is 2.22 bits per heavy atom. The molecule has 2 aliphatic rings. The van der Waals surface area contributed by atoms with Gasteiger partial charge in [-0.25, -0.2) is 15.0 Å². The Balaban J connectivity index is 1.43. The highest BCUT2D eigenvalue weighted by atomic mass is 32.1. The van der Waals surface area contributed by atoms with Crippen LogP contribution in [0.3, 0.4) is 0 Å².